The second-order valence-corrected chi connectivity index (χ2v) is 17.6. The average Bonchev–Trinajstić information content (AvgIpc) is 3.23. The van der Waals surface area contributed by atoms with Crippen molar-refractivity contribution < 1.29 is 38.2 Å². The van der Waals surface area contributed by atoms with Crippen LogP contribution in [0.2, 0.25) is 0 Å². The first-order valence-corrected chi connectivity index (χ1v) is 25.0. The first-order valence-electron chi connectivity index (χ1n) is 25.0. The molecule has 0 saturated carbocycles. The van der Waals surface area contributed by atoms with Gasteiger partial charge in [-0.05, 0) is 77.0 Å². The minimum Gasteiger partial charge on any atom is -0.544 e. The number of unbranched alkanes of at least 4 members (excludes halogenated alkanes) is 18. The van der Waals surface area contributed by atoms with Crippen molar-refractivity contribution in [2.24, 2.45) is 0 Å². The van der Waals surface area contributed by atoms with Gasteiger partial charge in [-0.3, -0.25) is 9.59 Å². The molecule has 0 heterocycles. The third kappa shape index (κ3) is 42.1. The minimum atomic E-state index is -1.13. The average molecular weight is 868 g/mol. The molecule has 0 aromatic rings. The van der Waals surface area contributed by atoms with Gasteiger partial charge in [0, 0.05) is 19.3 Å². The van der Waals surface area contributed by atoms with Gasteiger partial charge in [-0.2, -0.15) is 0 Å². The lowest BCUT2D eigenvalue weighted by Gasteiger charge is -2.34. The largest absolute Gasteiger partial charge is 0.544 e. The molecule has 0 amide bonds. The van der Waals surface area contributed by atoms with E-state index in [4.69, 9.17) is 14.2 Å². The minimum absolute atomic E-state index is 0.0342. The van der Waals surface area contributed by atoms with Gasteiger partial charge in [0.2, 0.25) is 0 Å². The van der Waals surface area contributed by atoms with Crippen molar-refractivity contribution in [2.45, 2.75) is 212 Å². The van der Waals surface area contributed by atoms with Crippen molar-refractivity contribution >= 4 is 17.9 Å². The van der Waals surface area contributed by atoms with E-state index in [0.717, 1.165) is 89.9 Å². The Morgan fingerprint density at radius 3 is 1.26 bits per heavy atom. The van der Waals surface area contributed by atoms with Crippen molar-refractivity contribution in [1.29, 1.82) is 0 Å². The van der Waals surface area contributed by atoms with Gasteiger partial charge in [0.05, 0.1) is 40.3 Å². The summed E-state index contributed by atoms with van der Waals surface area (Å²) in [5, 5.41) is 11.7. The van der Waals surface area contributed by atoms with Crippen LogP contribution in [0.15, 0.2) is 72.9 Å². The summed E-state index contributed by atoms with van der Waals surface area (Å²) in [6.45, 7) is 4.44. The molecule has 0 aliphatic rings. The highest BCUT2D eigenvalue weighted by molar-refractivity contribution is 5.70. The van der Waals surface area contributed by atoms with E-state index in [9.17, 15) is 19.5 Å². The zero-order chi connectivity index (χ0) is 45.6. The first-order chi connectivity index (χ1) is 30.1. The standard InChI is InChI=1S/C54H93NO7/c1-6-8-10-12-14-16-18-20-22-24-26-28-30-32-34-36-38-40-42-44-52(56)61-49-50(48-60-47-46-51(54(58)59)55(3,4)5)62-53(57)45-43-41-39-37-35-33-31-29-27-25-23-21-19-17-15-13-11-9-7-2/h8-11,14-17,20-23,50-51H,6-7,12-13,18-19,24-49H2,1-5H3/b10-8+,11-9+,16-14+,17-15+,22-20+,23-21+. The van der Waals surface area contributed by atoms with E-state index in [1.54, 1.807) is 21.1 Å². The van der Waals surface area contributed by atoms with E-state index in [1.165, 1.54) is 77.0 Å². The molecule has 0 aromatic heterocycles. The van der Waals surface area contributed by atoms with Gasteiger partial charge in [0.15, 0.2) is 6.10 Å². The second-order valence-electron chi connectivity index (χ2n) is 17.6. The van der Waals surface area contributed by atoms with Crippen LogP contribution in [0.25, 0.3) is 0 Å². The topological polar surface area (TPSA) is 102 Å². The van der Waals surface area contributed by atoms with Crippen LogP contribution < -0.4 is 5.11 Å². The summed E-state index contributed by atoms with van der Waals surface area (Å²) < 4.78 is 17.2. The highest BCUT2D eigenvalue weighted by Gasteiger charge is 2.25. The predicted molar refractivity (Wildman–Crippen MR) is 259 cm³/mol. The van der Waals surface area contributed by atoms with Gasteiger partial charge in [-0.1, -0.05) is 177 Å². The molecule has 356 valence electrons. The number of aliphatic carboxylic acids is 1. The molecule has 8 heteroatoms. The Kier molecular flexibility index (Phi) is 42.1. The number of carbonyl (C=O) groups excluding carboxylic acids is 3. The Hall–Kier alpha value is -3.23. The third-order valence-corrected chi connectivity index (χ3v) is 10.8. The van der Waals surface area contributed by atoms with Crippen LogP contribution in [0, 0.1) is 0 Å². The molecule has 62 heavy (non-hydrogen) atoms. The highest BCUT2D eigenvalue weighted by atomic mass is 16.6. The fourth-order valence-corrected chi connectivity index (χ4v) is 7.04. The molecule has 2 atom stereocenters. The smallest absolute Gasteiger partial charge is 0.306 e. The number of carbonyl (C=O) groups is 3. The van der Waals surface area contributed by atoms with Gasteiger partial charge >= 0.3 is 11.9 Å². The number of carboxylic acid groups (broad SMARTS) is 1. The Morgan fingerprint density at radius 2 is 0.855 bits per heavy atom. The Labute approximate surface area is 381 Å². The summed E-state index contributed by atoms with van der Waals surface area (Å²) in [5.41, 5.74) is 0. The van der Waals surface area contributed by atoms with Crippen LogP contribution >= 0.6 is 0 Å². The predicted octanol–water partition coefficient (Wildman–Crippen LogP) is 13.0. The quantitative estimate of drug-likeness (QED) is 0.0260. The molecule has 0 fully saturated rings. The molecule has 0 spiro atoms. The van der Waals surface area contributed by atoms with Gasteiger partial charge < -0.3 is 28.6 Å². The molecular formula is C54H93NO7. The summed E-state index contributed by atoms with van der Waals surface area (Å²) in [7, 11) is 5.41. The normalized spacial score (nSPS) is 13.5. The second kappa shape index (κ2) is 44.4. The van der Waals surface area contributed by atoms with Crippen LogP contribution in [0.4, 0.5) is 0 Å². The maximum Gasteiger partial charge on any atom is 0.306 e. The lowest BCUT2D eigenvalue weighted by molar-refractivity contribution is -0.889. The molecule has 0 aromatic carbocycles. The fourth-order valence-electron chi connectivity index (χ4n) is 7.04. The van der Waals surface area contributed by atoms with E-state index < -0.39 is 18.1 Å². The molecule has 0 rings (SSSR count). The summed E-state index contributed by atoms with van der Waals surface area (Å²) >= 11 is 0. The number of hydrogen-bond acceptors (Lipinski definition) is 7. The summed E-state index contributed by atoms with van der Waals surface area (Å²) in [5.74, 6) is -1.75. The molecule has 0 radical (unpaired) electrons. The summed E-state index contributed by atoms with van der Waals surface area (Å²) in [4.78, 5) is 37.0. The number of esters is 2. The lowest BCUT2D eigenvalue weighted by Crippen LogP contribution is -2.55. The van der Waals surface area contributed by atoms with E-state index in [-0.39, 0.29) is 42.7 Å². The summed E-state index contributed by atoms with van der Waals surface area (Å²) in [6, 6.07) is -0.731. The van der Waals surface area contributed by atoms with Crippen LogP contribution in [-0.4, -0.2) is 75.5 Å². The lowest BCUT2D eigenvalue weighted by atomic mass is 10.1. The number of carboxylic acids is 1. The zero-order valence-electron chi connectivity index (χ0n) is 40.5. The van der Waals surface area contributed by atoms with Crippen molar-refractivity contribution in [3.05, 3.63) is 72.9 Å². The Bertz CT molecular complexity index is 1240. The van der Waals surface area contributed by atoms with E-state index in [1.807, 2.05) is 0 Å². The molecule has 0 bridgehead atoms. The SMILES string of the molecule is CC/C=C/C/C=C/C/C=C/CCCCCCCCCCCC(=O)OCC(COCCC(C(=O)[O-])[N+](C)(C)C)OC(=O)CCCCCCCCCCC/C=C/C/C=C/C/C=C/CC. The van der Waals surface area contributed by atoms with E-state index in [0.29, 0.717) is 12.8 Å². The number of rotatable bonds is 44. The number of ether oxygens (including phenoxy) is 3. The number of quaternary nitrogens is 1. The fraction of sp³-hybridized carbons (Fsp3) is 0.722. The number of nitrogens with zero attached hydrogens (tertiary/aromatic N) is 1. The molecule has 0 saturated heterocycles. The van der Waals surface area contributed by atoms with Crippen LogP contribution in [0.3, 0.4) is 0 Å². The van der Waals surface area contributed by atoms with Crippen molar-refractivity contribution in [2.75, 3.05) is 41.0 Å². The molecule has 2 unspecified atom stereocenters. The molecule has 0 N–H and O–H groups in total. The van der Waals surface area contributed by atoms with Crippen LogP contribution in [0.5, 0.6) is 0 Å². The highest BCUT2D eigenvalue weighted by Crippen LogP contribution is 2.15. The maximum absolute atomic E-state index is 12.8. The van der Waals surface area contributed by atoms with Gasteiger partial charge in [0.1, 0.15) is 12.6 Å². The molecule has 0 aliphatic carbocycles. The van der Waals surface area contributed by atoms with Gasteiger partial charge in [-0.15, -0.1) is 0 Å². The number of allylic oxidation sites excluding steroid dienone is 12. The van der Waals surface area contributed by atoms with Crippen molar-refractivity contribution in [3.63, 3.8) is 0 Å². The van der Waals surface area contributed by atoms with Gasteiger partial charge in [-0.25, -0.2) is 0 Å². The monoisotopic (exact) mass is 868 g/mol. The first kappa shape index (κ1) is 58.8. The third-order valence-electron chi connectivity index (χ3n) is 10.8. The van der Waals surface area contributed by atoms with Crippen LogP contribution in [0.1, 0.15) is 200 Å². The Morgan fingerprint density at radius 1 is 0.484 bits per heavy atom. The molecule has 8 nitrogen and oxygen atoms in total. The van der Waals surface area contributed by atoms with E-state index >= 15 is 0 Å². The summed E-state index contributed by atoms with van der Waals surface area (Å²) in [6.07, 6.45) is 56.4. The van der Waals surface area contributed by atoms with Gasteiger partial charge in [0.25, 0.3) is 0 Å². The van der Waals surface area contributed by atoms with Crippen molar-refractivity contribution in [3.8, 4) is 0 Å². The maximum atomic E-state index is 12.8. The van der Waals surface area contributed by atoms with Crippen LogP contribution in [-0.2, 0) is 28.6 Å². The zero-order valence-corrected chi connectivity index (χ0v) is 40.5. The number of likely N-dealkylation sites (N-methyl/N-ethyl adjacent to an activating group) is 1. The Balaban J connectivity index is 4.28. The number of hydrogen-bond donors (Lipinski definition) is 0. The van der Waals surface area contributed by atoms with E-state index in [2.05, 4.69) is 86.8 Å². The molecular weight excluding hydrogens is 775 g/mol. The van der Waals surface area contributed by atoms with Crippen molar-refractivity contribution in [1.82, 2.24) is 0 Å². The molecule has 0 aliphatic heterocycles.